The number of rotatable bonds is 4. The Morgan fingerprint density at radius 3 is 3.05 bits per heavy atom. The number of carboxylic acid groups (broad SMARTS) is 1. The Morgan fingerprint density at radius 1 is 1.58 bits per heavy atom. The van der Waals surface area contributed by atoms with Crippen molar-refractivity contribution in [3.05, 3.63) is 22.2 Å². The maximum absolute atomic E-state index is 11.5. The van der Waals surface area contributed by atoms with E-state index in [4.69, 9.17) is 5.11 Å². The molecule has 0 amide bonds. The van der Waals surface area contributed by atoms with E-state index >= 15 is 0 Å². The molecular formula is C13H19N3O3. The summed E-state index contributed by atoms with van der Waals surface area (Å²) in [6, 6.07) is 1.50. The van der Waals surface area contributed by atoms with Crippen LogP contribution < -0.4 is 10.9 Å². The van der Waals surface area contributed by atoms with Gasteiger partial charge in [-0.15, -0.1) is 0 Å². The van der Waals surface area contributed by atoms with E-state index in [1.165, 1.54) is 6.07 Å². The summed E-state index contributed by atoms with van der Waals surface area (Å²) >= 11 is 0. The largest absolute Gasteiger partial charge is 0.481 e. The fourth-order valence-electron chi connectivity index (χ4n) is 2.50. The first-order chi connectivity index (χ1) is 9.08. The average Bonchev–Trinajstić information content (AvgIpc) is 2.38. The Kier molecular flexibility index (Phi) is 4.19. The van der Waals surface area contributed by atoms with Crippen LogP contribution in [0.5, 0.6) is 0 Å². The van der Waals surface area contributed by atoms with Crippen LogP contribution in [0.1, 0.15) is 38.4 Å². The van der Waals surface area contributed by atoms with Gasteiger partial charge in [0.25, 0.3) is 5.56 Å². The van der Waals surface area contributed by atoms with Crippen LogP contribution in [0, 0.1) is 5.92 Å². The number of anilines is 1. The third-order valence-corrected chi connectivity index (χ3v) is 3.50. The first kappa shape index (κ1) is 13.6. The van der Waals surface area contributed by atoms with Crippen LogP contribution in [0.25, 0.3) is 0 Å². The van der Waals surface area contributed by atoms with Crippen LogP contribution in [0.3, 0.4) is 0 Å². The zero-order valence-electron chi connectivity index (χ0n) is 11.0. The molecule has 1 saturated carbocycles. The third-order valence-electron chi connectivity index (χ3n) is 3.50. The van der Waals surface area contributed by atoms with Crippen molar-refractivity contribution in [3.8, 4) is 0 Å². The fraction of sp³-hybridized carbons (Fsp3) is 0.615. The van der Waals surface area contributed by atoms with Crippen LogP contribution in [0.4, 0.5) is 5.82 Å². The minimum Gasteiger partial charge on any atom is -0.481 e. The molecule has 2 rings (SSSR count). The molecule has 1 aromatic heterocycles. The Balaban J connectivity index is 2.06. The van der Waals surface area contributed by atoms with Gasteiger partial charge in [-0.2, -0.15) is 0 Å². The van der Waals surface area contributed by atoms with Crippen LogP contribution >= 0.6 is 0 Å². The van der Waals surface area contributed by atoms with Crippen molar-refractivity contribution in [1.82, 2.24) is 9.97 Å². The molecule has 0 aliphatic heterocycles. The summed E-state index contributed by atoms with van der Waals surface area (Å²) in [6.07, 6.45) is 3.78. The number of aliphatic carboxylic acids is 1. The van der Waals surface area contributed by atoms with E-state index in [2.05, 4.69) is 15.3 Å². The molecule has 1 aliphatic carbocycles. The molecule has 1 fully saturated rings. The van der Waals surface area contributed by atoms with Crippen molar-refractivity contribution >= 4 is 11.8 Å². The number of aryl methyl sites for hydroxylation is 1. The van der Waals surface area contributed by atoms with Gasteiger partial charge in [-0.1, -0.05) is 13.3 Å². The SMILES string of the molecule is CCc1nc(NC2CCCC(C(=O)O)C2)cc(=O)[nH]1. The number of nitrogens with one attached hydrogen (secondary N) is 2. The molecule has 3 N–H and O–H groups in total. The van der Waals surface area contributed by atoms with Gasteiger partial charge in [-0.05, 0) is 19.3 Å². The summed E-state index contributed by atoms with van der Waals surface area (Å²) in [7, 11) is 0. The van der Waals surface area contributed by atoms with Gasteiger partial charge < -0.3 is 15.4 Å². The summed E-state index contributed by atoms with van der Waals surface area (Å²) in [5.74, 6) is 0.149. The number of aromatic amines is 1. The number of hydrogen-bond acceptors (Lipinski definition) is 4. The quantitative estimate of drug-likeness (QED) is 0.764. The maximum Gasteiger partial charge on any atom is 0.306 e. The second-order valence-electron chi connectivity index (χ2n) is 4.97. The lowest BCUT2D eigenvalue weighted by atomic mass is 9.86. The predicted molar refractivity (Wildman–Crippen MR) is 71.2 cm³/mol. The standard InChI is InChI=1S/C13H19N3O3/c1-2-10-15-11(7-12(17)16-10)14-9-5-3-4-8(6-9)13(18)19/h7-9H,2-6H2,1H3,(H,18,19)(H2,14,15,16,17). The van der Waals surface area contributed by atoms with E-state index in [0.29, 0.717) is 24.5 Å². The van der Waals surface area contributed by atoms with E-state index in [-0.39, 0.29) is 17.5 Å². The van der Waals surface area contributed by atoms with E-state index in [1.807, 2.05) is 6.92 Å². The maximum atomic E-state index is 11.5. The highest BCUT2D eigenvalue weighted by Crippen LogP contribution is 2.26. The van der Waals surface area contributed by atoms with Gasteiger partial charge in [0.2, 0.25) is 0 Å². The highest BCUT2D eigenvalue weighted by atomic mass is 16.4. The van der Waals surface area contributed by atoms with Gasteiger partial charge in [-0.3, -0.25) is 9.59 Å². The van der Waals surface area contributed by atoms with Crippen LogP contribution in [0.15, 0.2) is 10.9 Å². The van der Waals surface area contributed by atoms with Crippen molar-refractivity contribution < 1.29 is 9.90 Å². The molecule has 0 spiro atoms. The summed E-state index contributed by atoms with van der Waals surface area (Å²) in [4.78, 5) is 29.4. The highest BCUT2D eigenvalue weighted by molar-refractivity contribution is 5.70. The molecule has 6 heteroatoms. The molecule has 104 valence electrons. The summed E-state index contributed by atoms with van der Waals surface area (Å²) in [6.45, 7) is 1.92. The fourth-order valence-corrected chi connectivity index (χ4v) is 2.50. The van der Waals surface area contributed by atoms with Gasteiger partial charge >= 0.3 is 5.97 Å². The molecule has 19 heavy (non-hydrogen) atoms. The number of hydrogen-bond donors (Lipinski definition) is 3. The lowest BCUT2D eigenvalue weighted by molar-refractivity contribution is -0.142. The minimum atomic E-state index is -0.736. The van der Waals surface area contributed by atoms with Gasteiger partial charge in [0, 0.05) is 18.5 Å². The molecule has 2 atom stereocenters. The summed E-state index contributed by atoms with van der Waals surface area (Å²) in [5, 5.41) is 12.2. The van der Waals surface area contributed by atoms with Crippen LogP contribution in [0.2, 0.25) is 0 Å². The third kappa shape index (κ3) is 3.56. The Bertz CT molecular complexity index is 512. The Hall–Kier alpha value is -1.85. The van der Waals surface area contributed by atoms with E-state index in [1.54, 1.807) is 0 Å². The van der Waals surface area contributed by atoms with Gasteiger partial charge in [0.1, 0.15) is 11.6 Å². The van der Waals surface area contributed by atoms with Crippen LogP contribution in [-0.2, 0) is 11.2 Å². The molecule has 6 nitrogen and oxygen atoms in total. The molecule has 0 radical (unpaired) electrons. The molecular weight excluding hydrogens is 246 g/mol. The molecule has 0 aromatic carbocycles. The average molecular weight is 265 g/mol. The van der Waals surface area contributed by atoms with Gasteiger partial charge in [-0.25, -0.2) is 4.98 Å². The number of carbonyl (C=O) groups is 1. The predicted octanol–water partition coefficient (Wildman–Crippen LogP) is 1.39. The van der Waals surface area contributed by atoms with E-state index in [9.17, 15) is 9.59 Å². The van der Waals surface area contributed by atoms with E-state index in [0.717, 1.165) is 19.3 Å². The lowest BCUT2D eigenvalue weighted by Crippen LogP contribution is -2.31. The minimum absolute atomic E-state index is 0.0776. The number of carboxylic acids is 1. The normalized spacial score (nSPS) is 23.0. The van der Waals surface area contributed by atoms with E-state index < -0.39 is 5.97 Å². The number of nitrogens with zero attached hydrogens (tertiary/aromatic N) is 1. The van der Waals surface area contributed by atoms with Crippen molar-refractivity contribution in [2.24, 2.45) is 5.92 Å². The van der Waals surface area contributed by atoms with Crippen molar-refractivity contribution in [2.45, 2.75) is 45.1 Å². The monoisotopic (exact) mass is 265 g/mol. The molecule has 2 unspecified atom stereocenters. The van der Waals surface area contributed by atoms with Crippen LogP contribution in [-0.4, -0.2) is 27.1 Å². The lowest BCUT2D eigenvalue weighted by Gasteiger charge is -2.27. The zero-order chi connectivity index (χ0) is 13.8. The molecule has 0 bridgehead atoms. The number of H-pyrrole nitrogens is 1. The molecule has 1 aliphatic rings. The molecule has 1 heterocycles. The summed E-state index contributed by atoms with van der Waals surface area (Å²) < 4.78 is 0. The highest BCUT2D eigenvalue weighted by Gasteiger charge is 2.27. The zero-order valence-corrected chi connectivity index (χ0v) is 11.0. The second kappa shape index (κ2) is 5.86. The topological polar surface area (TPSA) is 95.1 Å². The van der Waals surface area contributed by atoms with Crippen molar-refractivity contribution in [2.75, 3.05) is 5.32 Å². The van der Waals surface area contributed by atoms with Gasteiger partial charge in [0.15, 0.2) is 0 Å². The summed E-state index contributed by atoms with van der Waals surface area (Å²) in [5.41, 5.74) is -0.181. The molecule has 0 saturated heterocycles. The van der Waals surface area contributed by atoms with Gasteiger partial charge in [0.05, 0.1) is 5.92 Å². The second-order valence-corrected chi connectivity index (χ2v) is 4.97. The Labute approximate surface area is 111 Å². The molecule has 1 aromatic rings. The number of aromatic nitrogens is 2. The first-order valence-electron chi connectivity index (χ1n) is 6.68. The van der Waals surface area contributed by atoms with Crippen molar-refractivity contribution in [1.29, 1.82) is 0 Å². The van der Waals surface area contributed by atoms with Crippen molar-refractivity contribution in [3.63, 3.8) is 0 Å². The smallest absolute Gasteiger partial charge is 0.306 e. The Morgan fingerprint density at radius 2 is 2.37 bits per heavy atom. The first-order valence-corrected chi connectivity index (χ1v) is 6.68.